The van der Waals surface area contributed by atoms with Crippen molar-refractivity contribution in [2.24, 2.45) is 0 Å². The maximum absolute atomic E-state index is 8.55. The summed E-state index contributed by atoms with van der Waals surface area (Å²) < 4.78 is 0. The second kappa shape index (κ2) is 1.21. The van der Waals surface area contributed by atoms with Crippen LogP contribution in [0.15, 0.2) is 0 Å². The van der Waals surface area contributed by atoms with Crippen LogP contribution in [-0.2, 0) is 0 Å². The van der Waals surface area contributed by atoms with Gasteiger partial charge >= 0.3 is 0 Å². The van der Waals surface area contributed by atoms with Gasteiger partial charge in [-0.15, -0.1) is 0 Å². The predicted octanol–water partition coefficient (Wildman–Crippen LogP) is -0.360. The van der Waals surface area contributed by atoms with Gasteiger partial charge in [0.25, 0.3) is 0 Å². The summed E-state index contributed by atoms with van der Waals surface area (Å²) in [6, 6.07) is 0. The van der Waals surface area contributed by atoms with Crippen LogP contribution < -0.4 is 0 Å². The van der Waals surface area contributed by atoms with Gasteiger partial charge in [-0.3, -0.25) is 4.90 Å². The van der Waals surface area contributed by atoms with Crippen molar-refractivity contribution >= 4 is 0 Å². The topological polar surface area (TPSA) is 23.2 Å². The van der Waals surface area contributed by atoms with Crippen LogP contribution >= 0.6 is 0 Å². The highest BCUT2D eigenvalue weighted by atomic mass is 16.3. The molecule has 0 radical (unpaired) electrons. The molecule has 1 N–H and O–H groups in total. The van der Waals surface area contributed by atoms with Gasteiger partial charge in [-0.05, 0) is 6.54 Å². The SMILES string of the molecule is CCN1CC1O. The van der Waals surface area contributed by atoms with E-state index in [2.05, 4.69) is 0 Å². The van der Waals surface area contributed by atoms with Gasteiger partial charge in [-0.2, -0.15) is 0 Å². The highest BCUT2D eigenvalue weighted by molar-refractivity contribution is 4.76. The molecule has 2 atom stereocenters. The molecule has 1 aliphatic heterocycles. The van der Waals surface area contributed by atoms with Gasteiger partial charge in [-0.1, -0.05) is 6.92 Å². The molecule has 36 valence electrons. The Bertz CT molecular complexity index is 53.5. The second-order valence-corrected chi connectivity index (χ2v) is 1.57. The summed E-state index contributed by atoms with van der Waals surface area (Å²) in [7, 11) is 0. The zero-order valence-electron chi connectivity index (χ0n) is 3.89. The number of nitrogens with zero attached hydrogens (tertiary/aromatic N) is 1. The van der Waals surface area contributed by atoms with Gasteiger partial charge < -0.3 is 5.11 Å². The lowest BCUT2D eigenvalue weighted by atomic mass is 10.8. The maximum atomic E-state index is 8.55. The average Bonchev–Trinajstić information content (AvgIpc) is 2.19. The molecule has 1 aliphatic rings. The molecular weight excluding hydrogens is 78.0 g/mol. The van der Waals surface area contributed by atoms with Crippen LogP contribution in [0, 0.1) is 0 Å². The van der Waals surface area contributed by atoms with Crippen molar-refractivity contribution in [3.63, 3.8) is 0 Å². The number of β-amino-alcohol motifs (C(OH)–C–C–N with tert-alkyl or cyclic N) is 1. The standard InChI is InChI=1S/C4H9NO/c1-2-5-3-4(5)6/h4,6H,2-3H2,1H3. The molecule has 0 spiro atoms. The van der Waals surface area contributed by atoms with Gasteiger partial charge in [0.1, 0.15) is 6.23 Å². The van der Waals surface area contributed by atoms with E-state index < -0.39 is 0 Å². The quantitative estimate of drug-likeness (QED) is 0.441. The van der Waals surface area contributed by atoms with Gasteiger partial charge in [0.05, 0.1) is 0 Å². The van der Waals surface area contributed by atoms with Crippen LogP contribution in [-0.4, -0.2) is 29.3 Å². The smallest absolute Gasteiger partial charge is 0.120 e. The minimum atomic E-state index is -0.102. The van der Waals surface area contributed by atoms with Crippen LogP contribution in [0.2, 0.25) is 0 Å². The molecule has 0 amide bonds. The van der Waals surface area contributed by atoms with Crippen molar-refractivity contribution in [3.8, 4) is 0 Å². The second-order valence-electron chi connectivity index (χ2n) is 1.57. The Morgan fingerprint density at radius 2 is 2.50 bits per heavy atom. The number of aliphatic hydroxyl groups is 1. The third kappa shape index (κ3) is 0.533. The molecular formula is C4H9NO. The Kier molecular flexibility index (Phi) is 0.821. The molecule has 0 aromatic heterocycles. The molecule has 0 aromatic carbocycles. The first-order valence-corrected chi connectivity index (χ1v) is 2.26. The Hall–Kier alpha value is -0.0800. The van der Waals surface area contributed by atoms with E-state index in [4.69, 9.17) is 5.11 Å². The van der Waals surface area contributed by atoms with Gasteiger partial charge in [-0.25, -0.2) is 0 Å². The van der Waals surface area contributed by atoms with Gasteiger partial charge in [0.15, 0.2) is 0 Å². The molecule has 2 heteroatoms. The van der Waals surface area contributed by atoms with Crippen LogP contribution in [0.4, 0.5) is 0 Å². The minimum Gasteiger partial charge on any atom is -0.377 e. The Morgan fingerprint density at radius 1 is 2.00 bits per heavy atom. The van der Waals surface area contributed by atoms with E-state index in [0.29, 0.717) is 0 Å². The molecule has 0 bridgehead atoms. The Labute approximate surface area is 37.4 Å². The summed E-state index contributed by atoms with van der Waals surface area (Å²) in [4.78, 5) is 1.97. The molecule has 1 saturated heterocycles. The summed E-state index contributed by atoms with van der Waals surface area (Å²) in [5, 5.41) is 8.55. The van der Waals surface area contributed by atoms with Crippen molar-refractivity contribution in [2.45, 2.75) is 13.2 Å². The van der Waals surface area contributed by atoms with E-state index in [9.17, 15) is 0 Å². The van der Waals surface area contributed by atoms with E-state index in [0.717, 1.165) is 13.1 Å². The van der Waals surface area contributed by atoms with E-state index in [1.165, 1.54) is 0 Å². The lowest BCUT2D eigenvalue weighted by Gasteiger charge is -1.86. The van der Waals surface area contributed by atoms with Crippen LogP contribution in [0.3, 0.4) is 0 Å². The third-order valence-corrected chi connectivity index (χ3v) is 1.09. The molecule has 1 fully saturated rings. The largest absolute Gasteiger partial charge is 0.377 e. The first-order valence-electron chi connectivity index (χ1n) is 2.26. The normalized spacial score (nSPS) is 43.0. The molecule has 2 unspecified atom stereocenters. The van der Waals surface area contributed by atoms with Gasteiger partial charge in [0.2, 0.25) is 0 Å². The molecule has 0 aliphatic carbocycles. The van der Waals surface area contributed by atoms with Crippen molar-refractivity contribution in [2.75, 3.05) is 13.1 Å². The molecule has 1 heterocycles. The first-order chi connectivity index (χ1) is 2.84. The van der Waals surface area contributed by atoms with E-state index in [-0.39, 0.29) is 6.23 Å². The number of rotatable bonds is 1. The van der Waals surface area contributed by atoms with Crippen LogP contribution in [0.5, 0.6) is 0 Å². The molecule has 1 rings (SSSR count). The van der Waals surface area contributed by atoms with E-state index in [1.807, 2.05) is 11.8 Å². The molecule has 6 heavy (non-hydrogen) atoms. The molecule has 0 aromatic rings. The fraction of sp³-hybridized carbons (Fsp3) is 1.00. The highest BCUT2D eigenvalue weighted by Gasteiger charge is 2.28. The van der Waals surface area contributed by atoms with E-state index >= 15 is 0 Å². The zero-order valence-corrected chi connectivity index (χ0v) is 3.89. The fourth-order valence-corrected chi connectivity index (χ4v) is 0.502. The zero-order chi connectivity index (χ0) is 4.57. The summed E-state index contributed by atoms with van der Waals surface area (Å²) in [6.45, 7) is 3.91. The Balaban J connectivity index is 2.09. The minimum absolute atomic E-state index is 0.102. The van der Waals surface area contributed by atoms with Crippen molar-refractivity contribution < 1.29 is 5.11 Å². The summed E-state index contributed by atoms with van der Waals surface area (Å²) >= 11 is 0. The lowest BCUT2D eigenvalue weighted by molar-refractivity contribution is 0.214. The third-order valence-electron chi connectivity index (χ3n) is 1.09. The van der Waals surface area contributed by atoms with Crippen LogP contribution in [0.1, 0.15) is 6.92 Å². The predicted molar refractivity (Wildman–Crippen MR) is 23.3 cm³/mol. The first kappa shape index (κ1) is 4.09. The number of likely N-dealkylation sites (N-methyl/N-ethyl adjacent to an activating group) is 1. The van der Waals surface area contributed by atoms with E-state index in [1.54, 1.807) is 0 Å². The number of hydrogen-bond donors (Lipinski definition) is 1. The summed E-state index contributed by atoms with van der Waals surface area (Å²) in [6.07, 6.45) is -0.102. The maximum Gasteiger partial charge on any atom is 0.120 e. The summed E-state index contributed by atoms with van der Waals surface area (Å²) in [5.41, 5.74) is 0. The number of aliphatic hydroxyl groups excluding tert-OH is 1. The lowest BCUT2D eigenvalue weighted by Crippen LogP contribution is -1.97. The van der Waals surface area contributed by atoms with Crippen molar-refractivity contribution in [1.82, 2.24) is 4.90 Å². The molecule has 0 saturated carbocycles. The molecule has 2 nitrogen and oxygen atoms in total. The fourth-order valence-electron chi connectivity index (χ4n) is 0.502. The highest BCUT2D eigenvalue weighted by Crippen LogP contribution is 2.10. The van der Waals surface area contributed by atoms with Crippen molar-refractivity contribution in [3.05, 3.63) is 0 Å². The Morgan fingerprint density at radius 3 is 2.50 bits per heavy atom. The van der Waals surface area contributed by atoms with Crippen LogP contribution in [0.25, 0.3) is 0 Å². The average molecular weight is 87.1 g/mol. The van der Waals surface area contributed by atoms with Crippen molar-refractivity contribution in [1.29, 1.82) is 0 Å². The van der Waals surface area contributed by atoms with Gasteiger partial charge in [0, 0.05) is 6.54 Å². The summed E-state index contributed by atoms with van der Waals surface area (Å²) in [5.74, 6) is 0. The number of hydrogen-bond acceptors (Lipinski definition) is 2. The monoisotopic (exact) mass is 87.1 g/mol.